The fraction of sp³-hybridized carbons (Fsp3) is 0.250. The Morgan fingerprint density at radius 1 is 1.20 bits per heavy atom. The molecule has 0 heterocycles. The summed E-state index contributed by atoms with van der Waals surface area (Å²) in [7, 11) is -0.517. The van der Waals surface area contributed by atoms with Crippen LogP contribution in [-0.2, 0) is 10.0 Å². The normalized spacial score (nSPS) is 12.1. The van der Waals surface area contributed by atoms with Gasteiger partial charge in [-0.1, -0.05) is 0 Å². The first-order valence-electron chi connectivity index (χ1n) is 3.94. The van der Waals surface area contributed by atoms with Crippen molar-refractivity contribution in [2.45, 2.75) is 4.90 Å². The Morgan fingerprint density at radius 2 is 1.60 bits per heavy atom. The van der Waals surface area contributed by atoms with Crippen molar-refractivity contribution in [2.75, 3.05) is 19.8 Å². The minimum atomic E-state index is -3.47. The van der Waals surface area contributed by atoms with Crippen LogP contribution in [-0.4, -0.2) is 26.8 Å². The zero-order chi connectivity index (χ0) is 11.8. The highest BCUT2D eigenvalue weighted by Crippen LogP contribution is 2.33. The predicted molar refractivity (Wildman–Crippen MR) is 67.1 cm³/mol. The minimum absolute atomic E-state index is 0.182. The van der Waals surface area contributed by atoms with Crippen LogP contribution in [0.1, 0.15) is 0 Å². The molecule has 0 aliphatic heterocycles. The second-order valence-electron chi connectivity index (χ2n) is 3.10. The molecule has 0 saturated heterocycles. The molecule has 0 aliphatic carbocycles. The molecular formula is C8H10Br2N2O2S. The van der Waals surface area contributed by atoms with Crippen molar-refractivity contribution in [3.63, 3.8) is 0 Å². The van der Waals surface area contributed by atoms with E-state index in [9.17, 15) is 8.42 Å². The molecule has 0 atom stereocenters. The molecule has 1 aromatic rings. The third-order valence-corrected chi connectivity index (χ3v) is 5.45. The van der Waals surface area contributed by atoms with Gasteiger partial charge in [0.1, 0.15) is 4.90 Å². The second-order valence-corrected chi connectivity index (χ2v) is 6.90. The van der Waals surface area contributed by atoms with Crippen LogP contribution in [0, 0.1) is 0 Å². The predicted octanol–water partition coefficient (Wildman–Crippen LogP) is 2.04. The van der Waals surface area contributed by atoms with Gasteiger partial charge in [0.25, 0.3) is 0 Å². The van der Waals surface area contributed by atoms with Gasteiger partial charge in [-0.15, -0.1) is 0 Å². The van der Waals surface area contributed by atoms with Crippen molar-refractivity contribution >= 4 is 47.6 Å². The van der Waals surface area contributed by atoms with E-state index >= 15 is 0 Å². The number of nitrogens with two attached hydrogens (primary N) is 1. The van der Waals surface area contributed by atoms with E-state index < -0.39 is 10.0 Å². The van der Waals surface area contributed by atoms with Gasteiger partial charge in [-0.3, -0.25) is 0 Å². The smallest absolute Gasteiger partial charge is 0.244 e. The van der Waals surface area contributed by atoms with E-state index in [1.165, 1.54) is 14.1 Å². The van der Waals surface area contributed by atoms with Crippen LogP contribution in [0.3, 0.4) is 0 Å². The van der Waals surface area contributed by atoms with Crippen LogP contribution >= 0.6 is 31.9 Å². The van der Waals surface area contributed by atoms with Gasteiger partial charge in [-0.2, -0.15) is 0 Å². The molecule has 15 heavy (non-hydrogen) atoms. The molecule has 2 N–H and O–H groups in total. The zero-order valence-corrected chi connectivity index (χ0v) is 12.1. The van der Waals surface area contributed by atoms with Crippen LogP contribution < -0.4 is 5.73 Å². The Balaban J connectivity index is 3.52. The molecular weight excluding hydrogens is 348 g/mol. The molecule has 4 nitrogen and oxygen atoms in total. The Hall–Kier alpha value is -0.110. The molecule has 0 amide bonds. The van der Waals surface area contributed by atoms with E-state index in [4.69, 9.17) is 5.73 Å². The van der Waals surface area contributed by atoms with Crippen molar-refractivity contribution in [1.29, 1.82) is 0 Å². The monoisotopic (exact) mass is 356 g/mol. The lowest BCUT2D eigenvalue weighted by Gasteiger charge is -2.14. The summed E-state index contributed by atoms with van der Waals surface area (Å²) < 4.78 is 25.9. The van der Waals surface area contributed by atoms with Crippen molar-refractivity contribution in [1.82, 2.24) is 4.31 Å². The van der Waals surface area contributed by atoms with Crippen LogP contribution in [0.4, 0.5) is 5.69 Å². The highest BCUT2D eigenvalue weighted by molar-refractivity contribution is 9.11. The molecule has 0 aliphatic rings. The highest BCUT2D eigenvalue weighted by Gasteiger charge is 2.23. The lowest BCUT2D eigenvalue weighted by Crippen LogP contribution is -2.23. The van der Waals surface area contributed by atoms with E-state index in [-0.39, 0.29) is 4.90 Å². The first kappa shape index (κ1) is 13.0. The number of nitrogen functional groups attached to an aromatic ring is 1. The van der Waals surface area contributed by atoms with Gasteiger partial charge in [0.15, 0.2) is 0 Å². The van der Waals surface area contributed by atoms with E-state index in [0.29, 0.717) is 14.6 Å². The second kappa shape index (κ2) is 4.40. The first-order chi connectivity index (χ1) is 6.76. The van der Waals surface area contributed by atoms with E-state index in [0.717, 1.165) is 4.31 Å². The van der Waals surface area contributed by atoms with Crippen LogP contribution in [0.15, 0.2) is 26.0 Å². The number of hydrogen-bond donors (Lipinski definition) is 1. The summed E-state index contributed by atoms with van der Waals surface area (Å²) in [5.74, 6) is 0. The molecule has 0 spiro atoms. The van der Waals surface area contributed by atoms with Crippen molar-refractivity contribution in [3.8, 4) is 0 Å². The Labute approximate surface area is 106 Å². The fourth-order valence-corrected chi connectivity index (χ4v) is 4.43. The average molecular weight is 358 g/mol. The average Bonchev–Trinajstić information content (AvgIpc) is 2.00. The summed E-state index contributed by atoms with van der Waals surface area (Å²) in [5.41, 5.74) is 6.07. The zero-order valence-electron chi connectivity index (χ0n) is 8.16. The fourth-order valence-electron chi connectivity index (χ4n) is 1.01. The molecule has 0 saturated carbocycles. The molecule has 1 aromatic carbocycles. The van der Waals surface area contributed by atoms with E-state index in [1.807, 2.05) is 0 Å². The highest BCUT2D eigenvalue weighted by atomic mass is 79.9. The van der Waals surface area contributed by atoms with Gasteiger partial charge in [-0.25, -0.2) is 12.7 Å². The Morgan fingerprint density at radius 3 is 1.93 bits per heavy atom. The SMILES string of the molecule is CN(C)S(=O)(=O)c1c(Br)cc(N)cc1Br. The molecule has 0 radical (unpaired) electrons. The molecule has 1 rings (SSSR count). The molecule has 0 fully saturated rings. The number of nitrogens with zero attached hydrogens (tertiary/aromatic N) is 1. The Kier molecular flexibility index (Phi) is 3.80. The molecule has 0 bridgehead atoms. The third-order valence-electron chi connectivity index (χ3n) is 1.76. The van der Waals surface area contributed by atoms with Crippen LogP contribution in [0.2, 0.25) is 0 Å². The number of benzene rings is 1. The maximum Gasteiger partial charge on any atom is 0.244 e. The lowest BCUT2D eigenvalue weighted by atomic mass is 10.3. The number of sulfonamides is 1. The topological polar surface area (TPSA) is 63.4 Å². The molecule has 7 heteroatoms. The number of anilines is 1. The first-order valence-corrected chi connectivity index (χ1v) is 6.96. The van der Waals surface area contributed by atoms with Crippen LogP contribution in [0.5, 0.6) is 0 Å². The Bertz CT molecular complexity index is 462. The number of halogens is 2. The summed E-state index contributed by atoms with van der Waals surface area (Å²) in [6, 6.07) is 3.11. The third kappa shape index (κ3) is 2.52. The van der Waals surface area contributed by atoms with Crippen molar-refractivity contribution in [2.24, 2.45) is 0 Å². The molecule has 0 unspecified atom stereocenters. The van der Waals surface area contributed by atoms with Gasteiger partial charge < -0.3 is 5.73 Å². The minimum Gasteiger partial charge on any atom is -0.399 e. The maximum absolute atomic E-state index is 11.9. The summed E-state index contributed by atoms with van der Waals surface area (Å²) in [6.07, 6.45) is 0. The van der Waals surface area contributed by atoms with Crippen molar-refractivity contribution in [3.05, 3.63) is 21.1 Å². The summed E-state index contributed by atoms with van der Waals surface area (Å²) in [6.45, 7) is 0. The van der Waals surface area contributed by atoms with E-state index in [2.05, 4.69) is 31.9 Å². The summed E-state index contributed by atoms with van der Waals surface area (Å²) in [5, 5.41) is 0. The largest absolute Gasteiger partial charge is 0.399 e. The standard InChI is InChI=1S/C8H10Br2N2O2S/c1-12(2)15(13,14)8-6(9)3-5(11)4-7(8)10/h3-4H,11H2,1-2H3. The van der Waals surface area contributed by atoms with Gasteiger partial charge in [0, 0.05) is 28.7 Å². The van der Waals surface area contributed by atoms with Gasteiger partial charge >= 0.3 is 0 Å². The van der Waals surface area contributed by atoms with Gasteiger partial charge in [-0.05, 0) is 44.0 Å². The maximum atomic E-state index is 11.9. The quantitative estimate of drug-likeness (QED) is 0.824. The van der Waals surface area contributed by atoms with Crippen molar-refractivity contribution < 1.29 is 8.42 Å². The van der Waals surface area contributed by atoms with Gasteiger partial charge in [0.05, 0.1) is 0 Å². The number of hydrogen-bond acceptors (Lipinski definition) is 3. The molecule has 0 aromatic heterocycles. The number of rotatable bonds is 2. The van der Waals surface area contributed by atoms with Gasteiger partial charge in [0.2, 0.25) is 10.0 Å². The lowest BCUT2D eigenvalue weighted by molar-refractivity contribution is 0.519. The summed E-state index contributed by atoms with van der Waals surface area (Å²) in [4.78, 5) is 0.182. The summed E-state index contributed by atoms with van der Waals surface area (Å²) >= 11 is 6.37. The van der Waals surface area contributed by atoms with E-state index in [1.54, 1.807) is 12.1 Å². The molecule has 84 valence electrons. The van der Waals surface area contributed by atoms with Crippen LogP contribution in [0.25, 0.3) is 0 Å².